The van der Waals surface area contributed by atoms with Gasteiger partial charge in [0.25, 0.3) is 11.8 Å². The highest BCUT2D eigenvalue weighted by Crippen LogP contribution is 2.35. The Hall–Kier alpha value is -6.14. The first kappa shape index (κ1) is 37.8. The average molecular weight is 812 g/mol. The smallest absolute Gasteiger partial charge is 0.416 e. The zero-order valence-electron chi connectivity index (χ0n) is 31.2. The number of anilines is 3. The van der Waals surface area contributed by atoms with Crippen LogP contribution in [-0.4, -0.2) is 76.6 Å². The Morgan fingerprint density at radius 3 is 2.12 bits per heavy atom. The number of rotatable bonds is 9. The lowest BCUT2D eigenvalue weighted by atomic mass is 10.1. The number of halogens is 1. The molecule has 0 atom stereocenters. The van der Waals surface area contributed by atoms with Crippen molar-refractivity contribution in [3.05, 3.63) is 74.3 Å². The monoisotopic (exact) mass is 811 g/mol. The Kier molecular flexibility index (Phi) is 9.99. The van der Waals surface area contributed by atoms with E-state index in [9.17, 15) is 24.0 Å². The summed E-state index contributed by atoms with van der Waals surface area (Å²) >= 11 is 7.93. The van der Waals surface area contributed by atoms with Crippen LogP contribution in [-0.2, 0) is 30.5 Å². The van der Waals surface area contributed by atoms with Gasteiger partial charge in [0.1, 0.15) is 28.2 Å². The molecule has 294 valence electrons. The third-order valence-electron chi connectivity index (χ3n) is 9.10. The second-order valence-electron chi connectivity index (χ2n) is 15.0. The molecule has 5 aromatic rings. The normalized spacial score (nSPS) is 18.2. The van der Waals surface area contributed by atoms with Crippen LogP contribution in [0.25, 0.3) is 23.4 Å². The SMILES string of the molecule is CC(C)(C)OC(=O)N(c1cc(Cl)nc2c(/C=C3\CC(=O)NC3=O)cnn12)C1CC1.O=C1C/C(=C\c2cnn3c(NC4CC4)cc(NCc4cccs4)nc23)C(=O)N1. The molecule has 4 N–H and O–H groups in total. The molecule has 4 aliphatic rings. The van der Waals surface area contributed by atoms with E-state index >= 15 is 0 Å². The van der Waals surface area contributed by atoms with E-state index in [2.05, 4.69) is 42.5 Å². The van der Waals surface area contributed by atoms with E-state index in [1.165, 1.54) is 15.6 Å². The molecule has 0 spiro atoms. The second kappa shape index (κ2) is 15.1. The Bertz CT molecular complexity index is 2510. The van der Waals surface area contributed by atoms with Gasteiger partial charge in [0, 0.05) is 51.4 Å². The summed E-state index contributed by atoms with van der Waals surface area (Å²) in [6, 6.07) is 8.06. The van der Waals surface area contributed by atoms with Gasteiger partial charge < -0.3 is 15.4 Å². The van der Waals surface area contributed by atoms with Crippen LogP contribution in [0.2, 0.25) is 5.15 Å². The zero-order chi connectivity index (χ0) is 40.0. The van der Waals surface area contributed by atoms with Crippen molar-refractivity contribution in [1.82, 2.24) is 39.8 Å². The summed E-state index contributed by atoms with van der Waals surface area (Å²) < 4.78 is 8.81. The van der Waals surface area contributed by atoms with Crippen LogP contribution in [0.4, 0.5) is 22.2 Å². The van der Waals surface area contributed by atoms with Gasteiger partial charge in [-0.05, 0) is 70.1 Å². The van der Waals surface area contributed by atoms with Crippen molar-refractivity contribution in [2.75, 3.05) is 15.5 Å². The molecule has 0 bridgehead atoms. The van der Waals surface area contributed by atoms with Crippen LogP contribution < -0.4 is 26.2 Å². The minimum atomic E-state index is -0.651. The van der Waals surface area contributed by atoms with E-state index < -0.39 is 17.6 Å². The molecule has 2 aliphatic heterocycles. The van der Waals surface area contributed by atoms with Crippen LogP contribution in [0.5, 0.6) is 0 Å². The lowest BCUT2D eigenvalue weighted by Gasteiger charge is -2.27. The summed E-state index contributed by atoms with van der Waals surface area (Å²) in [5, 5.41) is 22.4. The number of carbonyl (C=O) groups is 5. The first-order valence-corrected chi connectivity index (χ1v) is 19.6. The molecule has 5 aromatic heterocycles. The standard InChI is InChI=1S/C19H20ClN5O4.C19H18N6O2S/c1-19(2,3)29-18(28)24(12-4-5-12)15-8-13(20)22-16-11(9-21-25(15)16)6-10-7-14(26)23-17(10)27;26-17-7-11(19(27)24-17)6-12-9-21-25-16(22-13-3-4-13)8-15(23-18(12)25)20-10-14-2-1-5-28-14/h6,8-9,12H,4-5,7H2,1-3H3,(H,23,26,27);1-2,5-6,8-9,13,22H,3-4,7,10H2,(H,20,23)(H,24,26,27)/b10-6+;11-6+. The van der Waals surface area contributed by atoms with Gasteiger partial charge in [-0.1, -0.05) is 17.7 Å². The van der Waals surface area contributed by atoms with Gasteiger partial charge in [-0.15, -0.1) is 11.3 Å². The predicted molar refractivity (Wildman–Crippen MR) is 212 cm³/mol. The largest absolute Gasteiger partial charge is 0.443 e. The summed E-state index contributed by atoms with van der Waals surface area (Å²) in [4.78, 5) is 71.3. The molecular formula is C38H38ClN11O6S. The third kappa shape index (κ3) is 8.66. The van der Waals surface area contributed by atoms with Crippen LogP contribution in [0, 0.1) is 0 Å². The van der Waals surface area contributed by atoms with Crippen LogP contribution in [0.15, 0.2) is 53.2 Å². The van der Waals surface area contributed by atoms with Crippen molar-refractivity contribution >= 4 is 93.6 Å². The zero-order valence-corrected chi connectivity index (χ0v) is 32.7. The maximum absolute atomic E-state index is 12.9. The van der Waals surface area contributed by atoms with Crippen molar-refractivity contribution in [1.29, 1.82) is 0 Å². The van der Waals surface area contributed by atoms with Crippen LogP contribution in [0.3, 0.4) is 0 Å². The minimum absolute atomic E-state index is 0.00393. The van der Waals surface area contributed by atoms with Crippen molar-refractivity contribution in [3.8, 4) is 0 Å². The molecule has 2 saturated carbocycles. The van der Waals surface area contributed by atoms with Gasteiger partial charge in [-0.25, -0.2) is 14.8 Å². The Morgan fingerprint density at radius 2 is 1.58 bits per heavy atom. The second-order valence-corrected chi connectivity index (χ2v) is 16.4. The number of nitrogens with one attached hydrogen (secondary N) is 4. The van der Waals surface area contributed by atoms with Gasteiger partial charge in [-0.3, -0.25) is 34.7 Å². The first-order chi connectivity index (χ1) is 27.3. The molecule has 19 heteroatoms. The van der Waals surface area contributed by atoms with Crippen LogP contribution in [0.1, 0.15) is 75.3 Å². The van der Waals surface area contributed by atoms with Crippen LogP contribution >= 0.6 is 22.9 Å². The number of nitrogens with zero attached hydrogens (tertiary/aromatic N) is 7. The highest BCUT2D eigenvalue weighted by Gasteiger charge is 2.38. The molecule has 2 aliphatic carbocycles. The summed E-state index contributed by atoms with van der Waals surface area (Å²) in [6.45, 7) is 6.09. The Labute approximate surface area is 334 Å². The van der Waals surface area contributed by atoms with Gasteiger partial charge in [0.2, 0.25) is 11.8 Å². The van der Waals surface area contributed by atoms with Gasteiger partial charge in [0.15, 0.2) is 11.3 Å². The Morgan fingerprint density at radius 1 is 0.947 bits per heavy atom. The summed E-state index contributed by atoms with van der Waals surface area (Å²) in [5.74, 6) is 0.601. The van der Waals surface area contributed by atoms with Crippen molar-refractivity contribution < 1.29 is 28.7 Å². The summed E-state index contributed by atoms with van der Waals surface area (Å²) in [7, 11) is 0. The first-order valence-electron chi connectivity index (χ1n) is 18.4. The van der Waals surface area contributed by atoms with Crippen molar-refractivity contribution in [2.24, 2.45) is 0 Å². The lowest BCUT2D eigenvalue weighted by molar-refractivity contribution is -0.125. The molecule has 9 rings (SSSR count). The fraction of sp³-hybridized carbons (Fsp3) is 0.342. The van der Waals surface area contributed by atoms with Gasteiger partial charge in [0.05, 0.1) is 31.8 Å². The molecular weight excluding hydrogens is 774 g/mol. The predicted octanol–water partition coefficient (Wildman–Crippen LogP) is 5.12. The number of amides is 5. The third-order valence-corrected chi connectivity index (χ3v) is 10.2. The number of ether oxygens (including phenoxy) is 1. The quantitative estimate of drug-likeness (QED) is 0.0870. The topological polar surface area (TPSA) is 206 Å². The molecule has 4 fully saturated rings. The van der Waals surface area contributed by atoms with Crippen molar-refractivity contribution in [3.63, 3.8) is 0 Å². The maximum Gasteiger partial charge on any atom is 0.416 e. The van der Waals surface area contributed by atoms with E-state index in [1.807, 2.05) is 17.5 Å². The lowest BCUT2D eigenvalue weighted by Crippen LogP contribution is -2.39. The van der Waals surface area contributed by atoms with E-state index in [1.54, 1.807) is 65.9 Å². The summed E-state index contributed by atoms with van der Waals surface area (Å²) in [5.41, 5.74) is 2.34. The summed E-state index contributed by atoms with van der Waals surface area (Å²) in [6.07, 6.45) is 10.0. The van der Waals surface area contributed by atoms with E-state index in [4.69, 9.17) is 21.3 Å². The van der Waals surface area contributed by atoms with Gasteiger partial charge in [-0.2, -0.15) is 19.2 Å². The molecule has 7 heterocycles. The van der Waals surface area contributed by atoms with E-state index in [-0.39, 0.29) is 41.8 Å². The average Bonchev–Trinajstić information content (AvgIpc) is 3.88. The fourth-order valence-corrected chi connectivity index (χ4v) is 7.02. The van der Waals surface area contributed by atoms with E-state index in [0.29, 0.717) is 52.0 Å². The number of imide groups is 2. The molecule has 0 aromatic carbocycles. The highest BCUT2D eigenvalue weighted by molar-refractivity contribution is 7.09. The molecule has 57 heavy (non-hydrogen) atoms. The molecule has 2 saturated heterocycles. The molecule has 0 unspecified atom stereocenters. The van der Waals surface area contributed by atoms with Crippen molar-refractivity contribution in [2.45, 2.75) is 83.5 Å². The molecule has 17 nitrogen and oxygen atoms in total. The number of hydrogen-bond donors (Lipinski definition) is 4. The minimum Gasteiger partial charge on any atom is -0.443 e. The van der Waals surface area contributed by atoms with E-state index in [0.717, 1.165) is 37.3 Å². The number of thiophene rings is 1. The van der Waals surface area contributed by atoms with Gasteiger partial charge >= 0.3 is 6.09 Å². The maximum atomic E-state index is 12.9. The Balaban J connectivity index is 0.000000160. The number of hydrogen-bond acceptors (Lipinski definition) is 13. The molecule has 5 amide bonds. The highest BCUT2D eigenvalue weighted by atomic mass is 35.5. The fourth-order valence-electron chi connectivity index (χ4n) is 6.20. The number of aromatic nitrogens is 6. The number of fused-ring (bicyclic) bond motifs is 2. The molecule has 0 radical (unpaired) electrons. The number of carbonyl (C=O) groups excluding carboxylic acids is 5.